The van der Waals surface area contributed by atoms with Gasteiger partial charge in [0.2, 0.25) is 11.8 Å². The number of benzene rings is 2. The topological polar surface area (TPSA) is 157 Å². The van der Waals surface area contributed by atoms with Crippen molar-refractivity contribution in [3.8, 4) is 16.8 Å². The summed E-state index contributed by atoms with van der Waals surface area (Å²) in [6, 6.07) is 11.6. The third-order valence-corrected chi connectivity index (χ3v) is 7.95. The van der Waals surface area contributed by atoms with Crippen LogP contribution in [0.5, 0.6) is 0 Å². The van der Waals surface area contributed by atoms with Gasteiger partial charge in [-0.05, 0) is 59.5 Å². The smallest absolute Gasteiger partial charge is 0.411 e. The Morgan fingerprint density at radius 1 is 1.16 bits per heavy atom. The molecule has 1 aliphatic rings. The van der Waals surface area contributed by atoms with E-state index < -0.39 is 18.0 Å². The summed E-state index contributed by atoms with van der Waals surface area (Å²) in [6.07, 6.45) is 6.60. The number of halogens is 2. The third-order valence-electron chi connectivity index (χ3n) is 7.45. The van der Waals surface area contributed by atoms with E-state index in [1.807, 2.05) is 0 Å². The highest BCUT2D eigenvalue weighted by Gasteiger charge is 2.30. The van der Waals surface area contributed by atoms with Gasteiger partial charge in [0.1, 0.15) is 6.33 Å². The third kappa shape index (κ3) is 7.62. The molecule has 2 atom stereocenters. The number of nitrogens with one attached hydrogen (secondary N) is 2. The van der Waals surface area contributed by atoms with Gasteiger partial charge >= 0.3 is 6.09 Å². The minimum Gasteiger partial charge on any atom is -0.453 e. The Balaban J connectivity index is 1.50. The van der Waals surface area contributed by atoms with Crippen LogP contribution in [0, 0.1) is 5.92 Å². The van der Waals surface area contributed by atoms with Gasteiger partial charge in [-0.1, -0.05) is 41.4 Å². The van der Waals surface area contributed by atoms with Crippen molar-refractivity contribution in [3.63, 3.8) is 0 Å². The van der Waals surface area contributed by atoms with Crippen molar-refractivity contribution in [3.05, 3.63) is 82.4 Å². The fraction of sp³-hybridized carbons (Fsp3) is 0.267. The number of hydrogen-bond acceptors (Lipinski definition) is 9. The first-order valence-electron chi connectivity index (χ1n) is 14.0. The molecule has 3 amide bonds. The first-order chi connectivity index (χ1) is 21.7. The molecule has 0 radical (unpaired) electrons. The summed E-state index contributed by atoms with van der Waals surface area (Å²) in [5, 5.41) is 25.8. The van der Waals surface area contributed by atoms with E-state index >= 15 is 0 Å². The lowest BCUT2D eigenvalue weighted by Gasteiger charge is -2.25. The molecule has 1 fully saturated rings. The Bertz CT molecular complexity index is 1730. The van der Waals surface area contributed by atoms with Gasteiger partial charge in [0.15, 0.2) is 5.15 Å². The van der Waals surface area contributed by atoms with Crippen molar-refractivity contribution in [1.82, 2.24) is 40.6 Å². The maximum Gasteiger partial charge on any atom is 0.411 e. The van der Waals surface area contributed by atoms with Gasteiger partial charge in [-0.2, -0.15) is 9.78 Å². The molecular weight excluding hydrogens is 621 g/mol. The zero-order valence-corrected chi connectivity index (χ0v) is 25.9. The molecule has 0 bridgehead atoms. The van der Waals surface area contributed by atoms with E-state index in [-0.39, 0.29) is 17.0 Å². The predicted molar refractivity (Wildman–Crippen MR) is 168 cm³/mol. The monoisotopic (exact) mass is 649 g/mol. The van der Waals surface area contributed by atoms with Gasteiger partial charge in [-0.25, -0.2) is 4.79 Å². The second kappa shape index (κ2) is 14.3. The lowest BCUT2D eigenvalue weighted by Crippen LogP contribution is -2.31. The molecular formula is C30H29Cl2N9O4. The van der Waals surface area contributed by atoms with Crippen LogP contribution < -0.4 is 10.6 Å². The largest absolute Gasteiger partial charge is 0.453 e. The van der Waals surface area contributed by atoms with Crippen LogP contribution in [0.1, 0.15) is 36.9 Å². The molecule has 0 aliphatic carbocycles. The molecule has 15 heteroatoms. The van der Waals surface area contributed by atoms with Crippen molar-refractivity contribution in [1.29, 1.82) is 0 Å². The Morgan fingerprint density at radius 2 is 1.98 bits per heavy atom. The molecule has 2 unspecified atom stereocenters. The summed E-state index contributed by atoms with van der Waals surface area (Å²) in [5.74, 6) is -0.312. The van der Waals surface area contributed by atoms with Crippen molar-refractivity contribution >= 4 is 52.9 Å². The number of likely N-dealkylation sites (tertiary alicyclic amines) is 1. The zero-order valence-electron chi connectivity index (χ0n) is 24.4. The SMILES string of the molecule is COC(=O)Nc1ccccc1-c1c(C(CC2CCN(C(C)=O)C2)NC(=O)/C=C/c2cc(Cl)ccc2-n2cnnn2)cnnc1Cl. The van der Waals surface area contributed by atoms with Crippen LogP contribution in [0.4, 0.5) is 10.5 Å². The number of amides is 3. The van der Waals surface area contributed by atoms with E-state index in [4.69, 9.17) is 27.9 Å². The summed E-state index contributed by atoms with van der Waals surface area (Å²) in [5.41, 5.74) is 3.33. The standard InChI is InChI=1S/C30H29Cl2N9O4/c1-18(42)40-12-11-19(16-40)13-25(35-27(43)10-7-20-14-21(31)8-9-26(20)41-17-34-38-39-41)23-15-33-37-29(32)28(23)22-5-3-4-6-24(22)36-30(44)45-2/h3-10,14-15,17,19,25H,11-13,16H2,1-2H3,(H,35,43)(H,36,44)/b10-7+. The number of anilines is 1. The Labute approximate surface area is 268 Å². The summed E-state index contributed by atoms with van der Waals surface area (Å²) in [4.78, 5) is 39.5. The van der Waals surface area contributed by atoms with Crippen LogP contribution in [-0.4, -0.2) is 73.4 Å². The first kappa shape index (κ1) is 31.5. The molecule has 45 heavy (non-hydrogen) atoms. The Hall–Kier alpha value is -4.88. The lowest BCUT2D eigenvalue weighted by atomic mass is 9.90. The molecule has 5 rings (SSSR count). The fourth-order valence-corrected chi connectivity index (χ4v) is 5.74. The Morgan fingerprint density at radius 3 is 2.71 bits per heavy atom. The van der Waals surface area contributed by atoms with E-state index in [1.54, 1.807) is 66.6 Å². The van der Waals surface area contributed by atoms with Crippen LogP contribution in [0.2, 0.25) is 10.2 Å². The average Bonchev–Trinajstić information content (AvgIpc) is 3.73. The number of rotatable bonds is 9. The number of carbonyl (C=O) groups is 3. The second-order valence-corrected chi connectivity index (χ2v) is 11.1. The molecule has 13 nitrogen and oxygen atoms in total. The van der Waals surface area contributed by atoms with Crippen molar-refractivity contribution < 1.29 is 19.1 Å². The molecule has 0 saturated carbocycles. The number of methoxy groups -OCH3 is 1. The fourth-order valence-electron chi connectivity index (χ4n) is 5.31. The predicted octanol–water partition coefficient (Wildman–Crippen LogP) is 4.73. The minimum absolute atomic E-state index is 0.00181. The quantitative estimate of drug-likeness (QED) is 0.244. The van der Waals surface area contributed by atoms with Crippen molar-refractivity contribution in [2.24, 2.45) is 5.92 Å². The van der Waals surface area contributed by atoms with Crippen LogP contribution in [-0.2, 0) is 14.3 Å². The van der Waals surface area contributed by atoms with Gasteiger partial charge < -0.3 is 15.0 Å². The van der Waals surface area contributed by atoms with E-state index in [9.17, 15) is 14.4 Å². The number of para-hydroxylation sites is 1. The van der Waals surface area contributed by atoms with Crippen LogP contribution in [0.25, 0.3) is 22.9 Å². The summed E-state index contributed by atoms with van der Waals surface area (Å²) in [6.45, 7) is 2.72. The highest BCUT2D eigenvalue weighted by atomic mass is 35.5. The molecule has 0 spiro atoms. The lowest BCUT2D eigenvalue weighted by molar-refractivity contribution is -0.128. The first-order valence-corrected chi connectivity index (χ1v) is 14.7. The van der Waals surface area contributed by atoms with E-state index in [0.717, 1.165) is 6.42 Å². The average molecular weight is 651 g/mol. The second-order valence-electron chi connectivity index (χ2n) is 10.3. The summed E-state index contributed by atoms with van der Waals surface area (Å²) in [7, 11) is 1.27. The van der Waals surface area contributed by atoms with Gasteiger partial charge in [0, 0.05) is 53.4 Å². The molecule has 232 valence electrons. The van der Waals surface area contributed by atoms with Gasteiger partial charge in [-0.15, -0.1) is 10.2 Å². The van der Waals surface area contributed by atoms with E-state index in [1.165, 1.54) is 24.2 Å². The molecule has 1 saturated heterocycles. The maximum atomic E-state index is 13.5. The Kier molecular flexibility index (Phi) is 10.0. The molecule has 1 aliphatic heterocycles. The number of carbonyl (C=O) groups excluding carboxylic acids is 3. The van der Waals surface area contributed by atoms with Gasteiger partial charge in [-0.3, -0.25) is 14.9 Å². The zero-order chi connectivity index (χ0) is 31.9. The number of nitrogens with zero attached hydrogens (tertiary/aromatic N) is 7. The van der Waals surface area contributed by atoms with Crippen LogP contribution in [0.15, 0.2) is 61.1 Å². The highest BCUT2D eigenvalue weighted by Crippen LogP contribution is 2.39. The number of aromatic nitrogens is 6. The highest BCUT2D eigenvalue weighted by molar-refractivity contribution is 6.32. The van der Waals surface area contributed by atoms with E-state index in [2.05, 4.69) is 36.4 Å². The van der Waals surface area contributed by atoms with Crippen molar-refractivity contribution in [2.45, 2.75) is 25.8 Å². The molecule has 2 aromatic carbocycles. The van der Waals surface area contributed by atoms with Crippen LogP contribution >= 0.6 is 23.2 Å². The minimum atomic E-state index is -0.658. The number of tetrazole rings is 1. The number of ether oxygens (including phenoxy) is 1. The number of hydrogen-bond donors (Lipinski definition) is 2. The molecule has 4 aromatic rings. The molecule has 2 N–H and O–H groups in total. The molecule has 2 aromatic heterocycles. The molecule has 3 heterocycles. The van der Waals surface area contributed by atoms with Gasteiger partial charge in [0.05, 0.1) is 30.7 Å². The van der Waals surface area contributed by atoms with E-state index in [0.29, 0.717) is 58.2 Å². The van der Waals surface area contributed by atoms with Crippen molar-refractivity contribution in [2.75, 3.05) is 25.5 Å². The summed E-state index contributed by atoms with van der Waals surface area (Å²) < 4.78 is 6.26. The van der Waals surface area contributed by atoms with Crippen LogP contribution in [0.3, 0.4) is 0 Å². The normalized spacial score (nSPS) is 15.2. The van der Waals surface area contributed by atoms with Gasteiger partial charge in [0.25, 0.3) is 0 Å². The summed E-state index contributed by atoms with van der Waals surface area (Å²) >= 11 is 12.9. The maximum absolute atomic E-state index is 13.5.